The van der Waals surface area contributed by atoms with Gasteiger partial charge in [0.1, 0.15) is 6.61 Å². The molecule has 2 amide bonds. The molecule has 3 atom stereocenters. The van der Waals surface area contributed by atoms with Crippen molar-refractivity contribution in [3.05, 3.63) is 59.7 Å². The summed E-state index contributed by atoms with van der Waals surface area (Å²) in [4.78, 5) is 36.1. The molecule has 0 bridgehead atoms. The minimum Gasteiger partial charge on any atom is -0.481 e. The molecule has 1 fully saturated rings. The molecule has 7 heteroatoms. The van der Waals surface area contributed by atoms with Crippen LogP contribution in [-0.2, 0) is 14.3 Å². The van der Waals surface area contributed by atoms with Crippen LogP contribution in [0.2, 0.25) is 0 Å². The molecule has 0 aliphatic heterocycles. The minimum absolute atomic E-state index is 0.00943. The van der Waals surface area contributed by atoms with Crippen LogP contribution in [-0.4, -0.2) is 42.8 Å². The third-order valence-corrected chi connectivity index (χ3v) is 7.38. The second kappa shape index (κ2) is 11.4. The summed E-state index contributed by atoms with van der Waals surface area (Å²) in [5.74, 6) is -1.28. The predicted molar refractivity (Wildman–Crippen MR) is 133 cm³/mol. The largest absolute Gasteiger partial charge is 0.481 e. The zero-order valence-electron chi connectivity index (χ0n) is 20.2. The maximum atomic E-state index is 12.6. The first-order valence-electron chi connectivity index (χ1n) is 12.5. The molecule has 35 heavy (non-hydrogen) atoms. The number of aliphatic carboxylic acids is 1. The van der Waals surface area contributed by atoms with E-state index >= 15 is 0 Å². The van der Waals surface area contributed by atoms with Crippen LogP contribution in [0.1, 0.15) is 56.1 Å². The number of alkyl carbamates (subject to hydrolysis) is 1. The van der Waals surface area contributed by atoms with E-state index in [4.69, 9.17) is 9.84 Å². The van der Waals surface area contributed by atoms with E-state index < -0.39 is 18.0 Å². The lowest BCUT2D eigenvalue weighted by molar-refractivity contribution is -0.141. The number of fused-ring (bicyclic) bond motifs is 3. The average molecular weight is 479 g/mol. The van der Waals surface area contributed by atoms with Gasteiger partial charge in [-0.05, 0) is 53.9 Å². The Bertz CT molecular complexity index is 1020. The normalized spacial score (nSPS) is 19.5. The van der Waals surface area contributed by atoms with Gasteiger partial charge in [0.2, 0.25) is 5.91 Å². The predicted octanol–water partition coefficient (Wildman–Crippen LogP) is 4.56. The summed E-state index contributed by atoms with van der Waals surface area (Å²) in [5, 5.41) is 14.8. The Morgan fingerprint density at radius 3 is 2.31 bits per heavy atom. The number of hydrogen-bond acceptors (Lipinski definition) is 4. The van der Waals surface area contributed by atoms with Crippen LogP contribution >= 0.6 is 0 Å². The van der Waals surface area contributed by atoms with E-state index in [0.29, 0.717) is 25.9 Å². The topological polar surface area (TPSA) is 105 Å². The van der Waals surface area contributed by atoms with Crippen LogP contribution in [0.4, 0.5) is 4.79 Å². The SMILES string of the molecule is CC(CCCNC(=O)[C@H]1CCC[C@H]1CNC(=O)OCC1c2ccccc2-c2ccccc21)C(=O)O. The van der Waals surface area contributed by atoms with E-state index in [9.17, 15) is 14.4 Å². The molecule has 0 aromatic heterocycles. The van der Waals surface area contributed by atoms with E-state index in [1.807, 2.05) is 24.3 Å². The van der Waals surface area contributed by atoms with Gasteiger partial charge >= 0.3 is 12.1 Å². The fourth-order valence-corrected chi connectivity index (χ4v) is 5.36. The number of hydrogen-bond donors (Lipinski definition) is 3. The van der Waals surface area contributed by atoms with E-state index in [-0.39, 0.29) is 30.3 Å². The summed E-state index contributed by atoms with van der Waals surface area (Å²) in [6.07, 6.45) is 3.35. The van der Waals surface area contributed by atoms with Gasteiger partial charge < -0.3 is 20.5 Å². The number of benzene rings is 2. The molecule has 1 unspecified atom stereocenters. The van der Waals surface area contributed by atoms with Crippen molar-refractivity contribution in [1.29, 1.82) is 0 Å². The van der Waals surface area contributed by atoms with E-state index in [0.717, 1.165) is 19.3 Å². The molecule has 7 nitrogen and oxygen atoms in total. The summed E-state index contributed by atoms with van der Waals surface area (Å²) >= 11 is 0. The fraction of sp³-hybridized carbons (Fsp3) is 0.464. The van der Waals surface area contributed by atoms with Gasteiger partial charge in [-0.3, -0.25) is 9.59 Å². The number of nitrogens with one attached hydrogen (secondary N) is 2. The van der Waals surface area contributed by atoms with Crippen molar-refractivity contribution in [3.8, 4) is 11.1 Å². The van der Waals surface area contributed by atoms with E-state index in [1.54, 1.807) is 6.92 Å². The van der Waals surface area contributed by atoms with Crippen LogP contribution < -0.4 is 10.6 Å². The molecule has 0 saturated heterocycles. The summed E-state index contributed by atoms with van der Waals surface area (Å²) in [6, 6.07) is 16.5. The van der Waals surface area contributed by atoms with Gasteiger partial charge in [-0.25, -0.2) is 4.79 Å². The number of ether oxygens (including phenoxy) is 1. The summed E-state index contributed by atoms with van der Waals surface area (Å²) in [7, 11) is 0. The van der Waals surface area contributed by atoms with Gasteiger partial charge in [-0.2, -0.15) is 0 Å². The van der Waals surface area contributed by atoms with Crippen molar-refractivity contribution in [2.24, 2.45) is 17.8 Å². The van der Waals surface area contributed by atoms with Gasteiger partial charge in [-0.1, -0.05) is 61.9 Å². The molecule has 0 spiro atoms. The lowest BCUT2D eigenvalue weighted by Gasteiger charge is -2.20. The molecular formula is C28H34N2O5. The van der Waals surface area contributed by atoms with Crippen molar-refractivity contribution in [1.82, 2.24) is 10.6 Å². The lowest BCUT2D eigenvalue weighted by atomic mass is 9.95. The molecule has 4 rings (SSSR count). The summed E-state index contributed by atoms with van der Waals surface area (Å²) in [6.45, 7) is 2.82. The highest BCUT2D eigenvalue weighted by molar-refractivity contribution is 5.80. The molecule has 2 aromatic carbocycles. The maximum Gasteiger partial charge on any atom is 0.407 e. The zero-order valence-corrected chi connectivity index (χ0v) is 20.2. The van der Waals surface area contributed by atoms with Crippen LogP contribution in [0.25, 0.3) is 11.1 Å². The zero-order chi connectivity index (χ0) is 24.8. The number of carboxylic acid groups (broad SMARTS) is 1. The smallest absolute Gasteiger partial charge is 0.407 e. The van der Waals surface area contributed by atoms with Crippen molar-refractivity contribution < 1.29 is 24.2 Å². The number of amides is 2. The maximum absolute atomic E-state index is 12.6. The van der Waals surface area contributed by atoms with E-state index in [1.165, 1.54) is 22.3 Å². The van der Waals surface area contributed by atoms with Crippen molar-refractivity contribution in [2.45, 2.75) is 44.9 Å². The van der Waals surface area contributed by atoms with Crippen molar-refractivity contribution in [3.63, 3.8) is 0 Å². The average Bonchev–Trinajstić information content (AvgIpc) is 3.46. The Labute approximate surface area is 206 Å². The Morgan fingerprint density at radius 2 is 1.66 bits per heavy atom. The number of carbonyl (C=O) groups is 3. The number of rotatable bonds is 10. The Kier molecular flexibility index (Phi) is 8.06. The van der Waals surface area contributed by atoms with Crippen LogP contribution in [0.15, 0.2) is 48.5 Å². The fourth-order valence-electron chi connectivity index (χ4n) is 5.36. The molecule has 2 aromatic rings. The highest BCUT2D eigenvalue weighted by Crippen LogP contribution is 2.44. The molecule has 3 N–H and O–H groups in total. The van der Waals surface area contributed by atoms with Crippen LogP contribution in [0.5, 0.6) is 0 Å². The third kappa shape index (κ3) is 5.84. The Balaban J connectivity index is 1.23. The molecule has 186 valence electrons. The monoisotopic (exact) mass is 478 g/mol. The van der Waals surface area contributed by atoms with Gasteiger partial charge in [0, 0.05) is 24.9 Å². The first kappa shape index (κ1) is 24.8. The van der Waals surface area contributed by atoms with Gasteiger partial charge in [0.15, 0.2) is 0 Å². The quantitative estimate of drug-likeness (QED) is 0.434. The molecular weight excluding hydrogens is 444 g/mol. The van der Waals surface area contributed by atoms with Gasteiger partial charge in [0.25, 0.3) is 0 Å². The second-order valence-corrected chi connectivity index (χ2v) is 9.68. The molecule has 0 radical (unpaired) electrons. The molecule has 0 heterocycles. The van der Waals surface area contributed by atoms with Crippen molar-refractivity contribution >= 4 is 18.0 Å². The van der Waals surface area contributed by atoms with E-state index in [2.05, 4.69) is 34.9 Å². The number of carboxylic acids is 1. The standard InChI is InChI=1S/C28H34N2O5/c1-18(27(32)33)8-7-15-29-26(31)20-14-6-9-19(20)16-30-28(34)35-17-25-23-12-4-2-10-21(23)22-11-3-5-13-24(22)25/h2-5,10-13,18-20,25H,6-9,14-17H2,1H3,(H,29,31)(H,30,34)(H,32,33)/t18?,19-,20-/m0/s1. The molecule has 2 aliphatic carbocycles. The number of carbonyl (C=O) groups excluding carboxylic acids is 2. The van der Waals surface area contributed by atoms with Gasteiger partial charge in [-0.15, -0.1) is 0 Å². The van der Waals surface area contributed by atoms with Crippen LogP contribution in [0, 0.1) is 17.8 Å². The summed E-state index contributed by atoms with van der Waals surface area (Å²) in [5.41, 5.74) is 4.72. The molecule has 1 saturated carbocycles. The van der Waals surface area contributed by atoms with Gasteiger partial charge in [0.05, 0.1) is 5.92 Å². The third-order valence-electron chi connectivity index (χ3n) is 7.38. The Hall–Kier alpha value is -3.35. The lowest BCUT2D eigenvalue weighted by Crippen LogP contribution is -2.38. The first-order valence-corrected chi connectivity index (χ1v) is 12.5. The Morgan fingerprint density at radius 1 is 1.00 bits per heavy atom. The second-order valence-electron chi connectivity index (χ2n) is 9.68. The summed E-state index contributed by atoms with van der Waals surface area (Å²) < 4.78 is 5.62. The highest BCUT2D eigenvalue weighted by atomic mass is 16.5. The molecule has 2 aliphatic rings. The minimum atomic E-state index is -0.813. The van der Waals surface area contributed by atoms with Crippen molar-refractivity contribution in [2.75, 3.05) is 19.7 Å². The van der Waals surface area contributed by atoms with Crippen LogP contribution in [0.3, 0.4) is 0 Å². The first-order chi connectivity index (χ1) is 17.0. The highest BCUT2D eigenvalue weighted by Gasteiger charge is 2.33.